The van der Waals surface area contributed by atoms with Crippen molar-refractivity contribution in [3.05, 3.63) is 0 Å². The topological polar surface area (TPSA) is 37.4 Å². The molecule has 0 aromatic carbocycles. The van der Waals surface area contributed by atoms with Crippen molar-refractivity contribution in [1.29, 1.82) is 0 Å². The summed E-state index contributed by atoms with van der Waals surface area (Å²) < 4.78 is 0.925. The second-order valence-corrected chi connectivity index (χ2v) is 5.71. The molecule has 1 atom stereocenters. The van der Waals surface area contributed by atoms with E-state index in [0.717, 1.165) is 17.4 Å². The largest absolute Gasteiger partial charge is 0.316 e. The Morgan fingerprint density at radius 1 is 1.22 bits per heavy atom. The highest BCUT2D eigenvalue weighted by molar-refractivity contribution is 6.02. The molecular weight excluding hydrogens is 228 g/mol. The van der Waals surface area contributed by atoms with Crippen LogP contribution in [-0.4, -0.2) is 54.4 Å². The molecule has 2 rings (SSSR count). The van der Waals surface area contributed by atoms with Gasteiger partial charge in [-0.1, -0.05) is 5.92 Å². The zero-order valence-corrected chi connectivity index (χ0v) is 11.2. The highest BCUT2D eigenvalue weighted by atomic mass is 16.2. The fourth-order valence-electron chi connectivity index (χ4n) is 2.65. The molecule has 2 heterocycles. The molecule has 4 nitrogen and oxygen atoms in total. The first kappa shape index (κ1) is 13.1. The molecule has 0 radical (unpaired) electrons. The van der Waals surface area contributed by atoms with Crippen molar-refractivity contribution in [3.8, 4) is 11.8 Å². The number of rotatable bonds is 1. The number of carbonyl (C=O) groups is 2. The predicted molar refractivity (Wildman–Crippen MR) is 68.3 cm³/mol. The number of nitrogens with zero attached hydrogens (tertiary/aromatic N) is 2. The van der Waals surface area contributed by atoms with Crippen molar-refractivity contribution in [3.63, 3.8) is 0 Å². The van der Waals surface area contributed by atoms with Gasteiger partial charge >= 0.3 is 0 Å². The van der Waals surface area contributed by atoms with Crippen LogP contribution < -0.4 is 0 Å². The minimum absolute atomic E-state index is 0.0771. The van der Waals surface area contributed by atoms with Crippen molar-refractivity contribution >= 4 is 11.8 Å². The average molecular weight is 249 g/mol. The number of hydrogen-bond donors (Lipinski definition) is 0. The molecule has 0 saturated carbocycles. The number of hydrogen-bond acceptors (Lipinski definition) is 2. The zero-order chi connectivity index (χ0) is 13.2. The van der Waals surface area contributed by atoms with Gasteiger partial charge in [-0.3, -0.25) is 14.5 Å². The highest BCUT2D eigenvalue weighted by Crippen LogP contribution is 2.20. The van der Waals surface area contributed by atoms with E-state index in [4.69, 9.17) is 0 Å². The summed E-state index contributed by atoms with van der Waals surface area (Å²) in [5.74, 6) is 6.13. The molecule has 0 aromatic heterocycles. The van der Waals surface area contributed by atoms with Crippen molar-refractivity contribution < 1.29 is 14.1 Å². The Kier molecular flexibility index (Phi) is 3.72. The van der Waals surface area contributed by atoms with Gasteiger partial charge in [0.1, 0.15) is 0 Å². The van der Waals surface area contributed by atoms with E-state index in [9.17, 15) is 9.59 Å². The molecule has 2 amide bonds. The molecule has 2 saturated heterocycles. The van der Waals surface area contributed by atoms with Gasteiger partial charge in [0.15, 0.2) is 6.04 Å². The lowest BCUT2D eigenvalue weighted by Crippen LogP contribution is -2.51. The summed E-state index contributed by atoms with van der Waals surface area (Å²) in [6, 6.07) is 0.339. The van der Waals surface area contributed by atoms with E-state index in [-0.39, 0.29) is 18.4 Å². The first-order chi connectivity index (χ1) is 8.50. The van der Waals surface area contributed by atoms with E-state index in [1.54, 1.807) is 0 Å². The summed E-state index contributed by atoms with van der Waals surface area (Å²) in [6.07, 6.45) is 4.30. The summed E-state index contributed by atoms with van der Waals surface area (Å²) >= 11 is 0. The molecule has 0 unspecified atom stereocenters. The zero-order valence-electron chi connectivity index (χ0n) is 11.2. The number of likely N-dealkylation sites (tertiary alicyclic amines) is 2. The molecule has 18 heavy (non-hydrogen) atoms. The normalized spacial score (nSPS) is 27.0. The van der Waals surface area contributed by atoms with Gasteiger partial charge in [0, 0.05) is 19.3 Å². The van der Waals surface area contributed by atoms with Gasteiger partial charge in [-0.2, -0.15) is 0 Å². The standard InChI is InChI=1S/C14H21N2O2/c1-16(2)11-4-3-6-12(16)7-5-10-15-13(17)8-9-14(15)18/h12H,3-4,6,8-11H2,1-2H3/q+1/t12-/m0/s1. The van der Waals surface area contributed by atoms with E-state index in [1.807, 2.05) is 0 Å². The Labute approximate surface area is 109 Å². The third-order valence-corrected chi connectivity index (χ3v) is 3.97. The number of amides is 2. The summed E-state index contributed by atoms with van der Waals surface area (Å²) in [6.45, 7) is 1.43. The predicted octanol–water partition coefficient (Wildman–Crippen LogP) is 0.768. The number of carbonyl (C=O) groups excluding carboxylic acids is 2. The van der Waals surface area contributed by atoms with Gasteiger partial charge in [-0.15, -0.1) is 0 Å². The van der Waals surface area contributed by atoms with Crippen molar-refractivity contribution in [2.24, 2.45) is 0 Å². The lowest BCUT2D eigenvalue weighted by molar-refractivity contribution is -0.911. The molecule has 2 fully saturated rings. The summed E-state index contributed by atoms with van der Waals surface area (Å²) in [5.41, 5.74) is 0. The Bertz CT molecular complexity index is 401. The molecule has 0 N–H and O–H groups in total. The lowest BCUT2D eigenvalue weighted by Gasteiger charge is -2.38. The summed E-state index contributed by atoms with van der Waals surface area (Å²) in [7, 11) is 4.40. The summed E-state index contributed by atoms with van der Waals surface area (Å²) in [5, 5.41) is 0. The first-order valence-electron chi connectivity index (χ1n) is 6.65. The molecule has 0 aromatic rings. The maximum Gasteiger partial charge on any atom is 0.230 e. The molecule has 0 bridgehead atoms. The van der Waals surface area contributed by atoms with Crippen LogP contribution in [0.5, 0.6) is 0 Å². The van der Waals surface area contributed by atoms with Gasteiger partial charge in [-0.25, -0.2) is 0 Å². The highest BCUT2D eigenvalue weighted by Gasteiger charge is 2.30. The van der Waals surface area contributed by atoms with Crippen molar-refractivity contribution in [1.82, 2.24) is 4.90 Å². The Morgan fingerprint density at radius 3 is 2.50 bits per heavy atom. The monoisotopic (exact) mass is 249 g/mol. The van der Waals surface area contributed by atoms with E-state index in [0.29, 0.717) is 18.9 Å². The van der Waals surface area contributed by atoms with Crippen LogP contribution in [0, 0.1) is 11.8 Å². The van der Waals surface area contributed by atoms with Crippen molar-refractivity contribution in [2.75, 3.05) is 27.2 Å². The fraction of sp³-hybridized carbons (Fsp3) is 0.714. The quantitative estimate of drug-likeness (QED) is 0.391. The number of piperidine rings is 1. The molecule has 4 heteroatoms. The first-order valence-corrected chi connectivity index (χ1v) is 6.65. The Balaban J connectivity index is 1.95. The van der Waals surface area contributed by atoms with Crippen LogP contribution in [-0.2, 0) is 9.59 Å². The lowest BCUT2D eigenvalue weighted by atomic mass is 10.0. The number of quaternary nitrogens is 1. The van der Waals surface area contributed by atoms with Gasteiger partial charge in [0.05, 0.1) is 27.2 Å². The average Bonchev–Trinajstić information content (AvgIpc) is 2.62. The van der Waals surface area contributed by atoms with Crippen molar-refractivity contribution in [2.45, 2.75) is 38.1 Å². The minimum atomic E-state index is -0.0771. The molecule has 0 aliphatic carbocycles. The van der Waals surface area contributed by atoms with Gasteiger partial charge in [0.25, 0.3) is 0 Å². The maximum absolute atomic E-state index is 11.4. The third-order valence-electron chi connectivity index (χ3n) is 3.97. The number of imide groups is 1. The smallest absolute Gasteiger partial charge is 0.230 e. The van der Waals surface area contributed by atoms with Gasteiger partial charge in [-0.05, 0) is 18.8 Å². The SMILES string of the molecule is C[N+]1(C)CCCC[C@H]1C#CCN1C(=O)CCC1=O. The molecule has 2 aliphatic rings. The molecular formula is C14H21N2O2+. The summed E-state index contributed by atoms with van der Waals surface area (Å²) in [4.78, 5) is 24.1. The van der Waals surface area contributed by atoms with Crippen LogP contribution in [0.15, 0.2) is 0 Å². The van der Waals surface area contributed by atoms with Crippen LogP contribution in [0.25, 0.3) is 0 Å². The minimum Gasteiger partial charge on any atom is -0.316 e. The Morgan fingerprint density at radius 2 is 1.89 bits per heavy atom. The van der Waals surface area contributed by atoms with Crippen LogP contribution in [0.4, 0.5) is 0 Å². The second-order valence-electron chi connectivity index (χ2n) is 5.71. The van der Waals surface area contributed by atoms with Crippen LogP contribution in [0.2, 0.25) is 0 Å². The Hall–Kier alpha value is -1.34. The second kappa shape index (κ2) is 5.11. The molecule has 0 spiro atoms. The van der Waals surface area contributed by atoms with Crippen LogP contribution >= 0.6 is 0 Å². The molecule has 2 aliphatic heterocycles. The van der Waals surface area contributed by atoms with Gasteiger partial charge in [0.2, 0.25) is 11.8 Å². The van der Waals surface area contributed by atoms with Crippen LogP contribution in [0.1, 0.15) is 32.1 Å². The van der Waals surface area contributed by atoms with E-state index < -0.39 is 0 Å². The van der Waals surface area contributed by atoms with E-state index in [1.165, 1.54) is 17.7 Å². The van der Waals surface area contributed by atoms with E-state index >= 15 is 0 Å². The maximum atomic E-state index is 11.4. The van der Waals surface area contributed by atoms with Crippen LogP contribution in [0.3, 0.4) is 0 Å². The third kappa shape index (κ3) is 2.73. The molecule has 98 valence electrons. The van der Waals surface area contributed by atoms with Gasteiger partial charge < -0.3 is 4.48 Å². The fourth-order valence-corrected chi connectivity index (χ4v) is 2.65. The van der Waals surface area contributed by atoms with E-state index in [2.05, 4.69) is 25.9 Å².